The van der Waals surface area contributed by atoms with E-state index < -0.39 is 0 Å². The summed E-state index contributed by atoms with van der Waals surface area (Å²) in [5.41, 5.74) is 1.27. The number of halogens is 1. The summed E-state index contributed by atoms with van der Waals surface area (Å²) in [7, 11) is 3.32. The van der Waals surface area contributed by atoms with Crippen molar-refractivity contribution < 1.29 is 14.2 Å². The number of methoxy groups -OCH3 is 2. The van der Waals surface area contributed by atoms with Crippen LogP contribution in [-0.4, -0.2) is 31.4 Å². The van der Waals surface area contributed by atoms with Crippen LogP contribution in [-0.2, 0) is 4.74 Å². The summed E-state index contributed by atoms with van der Waals surface area (Å²) in [4.78, 5) is 0. The van der Waals surface area contributed by atoms with Gasteiger partial charge < -0.3 is 14.2 Å². The van der Waals surface area contributed by atoms with Gasteiger partial charge in [0.1, 0.15) is 0 Å². The van der Waals surface area contributed by atoms with Gasteiger partial charge in [-0.1, -0.05) is 28.7 Å². The second-order valence-corrected chi connectivity index (χ2v) is 5.04. The Hall–Kier alpha value is -0.490. The first-order chi connectivity index (χ1) is 8.28. The topological polar surface area (TPSA) is 27.7 Å². The molecule has 2 atom stereocenters. The molecule has 1 aromatic carbocycles. The molecule has 1 heterocycles. The fraction of sp³-hybridized carbons (Fsp3) is 0.538. The minimum Gasteiger partial charge on any atom is -0.493 e. The number of alkyl halides is 1. The van der Waals surface area contributed by atoms with Crippen molar-refractivity contribution >= 4 is 22.6 Å². The molecule has 4 heteroatoms. The maximum atomic E-state index is 5.72. The maximum Gasteiger partial charge on any atom is 0.160 e. The van der Waals surface area contributed by atoms with Gasteiger partial charge in [0.15, 0.2) is 11.5 Å². The van der Waals surface area contributed by atoms with Crippen LogP contribution in [0.2, 0.25) is 0 Å². The summed E-state index contributed by atoms with van der Waals surface area (Å²) in [6.07, 6.45) is 1.49. The predicted molar refractivity (Wildman–Crippen MR) is 75.5 cm³/mol. The molecule has 1 aromatic rings. The summed E-state index contributed by atoms with van der Waals surface area (Å²) in [6, 6.07) is 6.12. The minimum atomic E-state index is 0.397. The molecule has 0 radical (unpaired) electrons. The van der Waals surface area contributed by atoms with Crippen LogP contribution in [0.1, 0.15) is 17.9 Å². The molecule has 1 fully saturated rings. The molecule has 0 bridgehead atoms. The van der Waals surface area contributed by atoms with Gasteiger partial charge in [-0.3, -0.25) is 0 Å². The molecule has 0 spiro atoms. The standard InChI is InChI=1S/C13H17IO3/c1-15-12-4-3-9(6-13(12)16-2)10-5-11(7-14)17-8-10/h3-4,6,10-11H,5,7-8H2,1-2H3. The Morgan fingerprint density at radius 2 is 2.06 bits per heavy atom. The quantitative estimate of drug-likeness (QED) is 0.619. The van der Waals surface area contributed by atoms with E-state index in [2.05, 4.69) is 34.7 Å². The third-order valence-electron chi connectivity index (χ3n) is 3.13. The van der Waals surface area contributed by atoms with E-state index in [1.165, 1.54) is 5.56 Å². The van der Waals surface area contributed by atoms with Gasteiger partial charge in [0.05, 0.1) is 26.9 Å². The number of rotatable bonds is 4. The smallest absolute Gasteiger partial charge is 0.160 e. The highest BCUT2D eigenvalue weighted by Crippen LogP contribution is 2.35. The zero-order valence-electron chi connectivity index (χ0n) is 10.1. The van der Waals surface area contributed by atoms with Gasteiger partial charge in [-0.2, -0.15) is 0 Å². The lowest BCUT2D eigenvalue weighted by molar-refractivity contribution is 0.129. The molecule has 0 saturated carbocycles. The van der Waals surface area contributed by atoms with E-state index in [9.17, 15) is 0 Å². The maximum absolute atomic E-state index is 5.72. The molecule has 1 saturated heterocycles. The monoisotopic (exact) mass is 348 g/mol. The van der Waals surface area contributed by atoms with Gasteiger partial charge in [-0.25, -0.2) is 0 Å². The summed E-state index contributed by atoms with van der Waals surface area (Å²) in [5.74, 6) is 2.05. The largest absolute Gasteiger partial charge is 0.493 e. The summed E-state index contributed by atoms with van der Waals surface area (Å²) < 4.78 is 17.3. The fourth-order valence-corrected chi connectivity index (χ4v) is 2.77. The molecule has 17 heavy (non-hydrogen) atoms. The van der Waals surface area contributed by atoms with Crippen molar-refractivity contribution in [2.45, 2.75) is 18.4 Å². The van der Waals surface area contributed by atoms with E-state index in [4.69, 9.17) is 14.2 Å². The van der Waals surface area contributed by atoms with Gasteiger partial charge in [0.25, 0.3) is 0 Å². The Morgan fingerprint density at radius 3 is 2.65 bits per heavy atom. The molecule has 0 N–H and O–H groups in total. The molecule has 0 amide bonds. The van der Waals surface area contributed by atoms with Crippen LogP contribution in [0.4, 0.5) is 0 Å². The van der Waals surface area contributed by atoms with Crippen molar-refractivity contribution in [3.05, 3.63) is 23.8 Å². The molecule has 3 nitrogen and oxygen atoms in total. The van der Waals surface area contributed by atoms with Gasteiger partial charge in [0.2, 0.25) is 0 Å². The van der Waals surface area contributed by atoms with E-state index in [0.717, 1.165) is 29.0 Å². The predicted octanol–water partition coefficient (Wildman–Crippen LogP) is 3.01. The molecule has 1 aliphatic rings. The molecule has 94 valence electrons. The highest BCUT2D eigenvalue weighted by atomic mass is 127. The SMILES string of the molecule is COc1ccc(C2COC(CI)C2)cc1OC. The van der Waals surface area contributed by atoms with Crippen LogP contribution in [0.5, 0.6) is 11.5 Å². The number of benzene rings is 1. The summed E-state index contributed by atoms with van der Waals surface area (Å²) >= 11 is 2.37. The fourth-order valence-electron chi connectivity index (χ4n) is 2.15. The first kappa shape index (κ1) is 13.0. The zero-order valence-corrected chi connectivity index (χ0v) is 12.3. The Morgan fingerprint density at radius 1 is 1.29 bits per heavy atom. The van der Waals surface area contributed by atoms with Crippen molar-refractivity contribution in [2.24, 2.45) is 0 Å². The van der Waals surface area contributed by atoms with Gasteiger partial charge in [-0.05, 0) is 24.1 Å². The van der Waals surface area contributed by atoms with Crippen LogP contribution in [0.25, 0.3) is 0 Å². The lowest BCUT2D eigenvalue weighted by Crippen LogP contribution is -2.05. The summed E-state index contributed by atoms with van der Waals surface area (Å²) in [6.45, 7) is 0.809. The van der Waals surface area contributed by atoms with Crippen molar-refractivity contribution in [1.29, 1.82) is 0 Å². The average molecular weight is 348 g/mol. The Balaban J connectivity index is 2.16. The van der Waals surface area contributed by atoms with E-state index in [0.29, 0.717) is 12.0 Å². The zero-order chi connectivity index (χ0) is 12.3. The van der Waals surface area contributed by atoms with E-state index in [-0.39, 0.29) is 0 Å². The Bertz CT molecular complexity index is 381. The molecular formula is C13H17IO3. The van der Waals surface area contributed by atoms with Gasteiger partial charge in [-0.15, -0.1) is 0 Å². The molecule has 2 rings (SSSR count). The highest BCUT2D eigenvalue weighted by molar-refractivity contribution is 14.1. The Labute approximate surface area is 116 Å². The molecule has 0 aliphatic carbocycles. The van der Waals surface area contributed by atoms with E-state index in [1.54, 1.807) is 14.2 Å². The molecule has 2 unspecified atom stereocenters. The van der Waals surface area contributed by atoms with Crippen LogP contribution in [0.15, 0.2) is 18.2 Å². The molecule has 1 aliphatic heterocycles. The Kier molecular flexibility index (Phi) is 4.50. The number of hydrogen-bond acceptors (Lipinski definition) is 3. The second kappa shape index (κ2) is 5.91. The van der Waals surface area contributed by atoms with Gasteiger partial charge >= 0.3 is 0 Å². The number of hydrogen-bond donors (Lipinski definition) is 0. The first-order valence-corrected chi connectivity index (χ1v) is 7.20. The normalized spacial score (nSPS) is 23.7. The van der Waals surface area contributed by atoms with E-state index >= 15 is 0 Å². The van der Waals surface area contributed by atoms with E-state index in [1.807, 2.05) is 6.07 Å². The van der Waals surface area contributed by atoms with Gasteiger partial charge in [0, 0.05) is 10.3 Å². The minimum absolute atomic E-state index is 0.397. The van der Waals surface area contributed by atoms with Crippen molar-refractivity contribution in [2.75, 3.05) is 25.3 Å². The highest BCUT2D eigenvalue weighted by Gasteiger charge is 2.26. The van der Waals surface area contributed by atoms with Crippen LogP contribution in [0, 0.1) is 0 Å². The van der Waals surface area contributed by atoms with Crippen LogP contribution >= 0.6 is 22.6 Å². The summed E-state index contributed by atoms with van der Waals surface area (Å²) in [5, 5.41) is 0. The third-order valence-corrected chi connectivity index (χ3v) is 4.11. The second-order valence-electron chi connectivity index (χ2n) is 4.16. The molecular weight excluding hydrogens is 331 g/mol. The third kappa shape index (κ3) is 2.85. The van der Waals surface area contributed by atoms with Crippen molar-refractivity contribution in [1.82, 2.24) is 0 Å². The van der Waals surface area contributed by atoms with Crippen molar-refractivity contribution in [3.63, 3.8) is 0 Å². The van der Waals surface area contributed by atoms with Crippen LogP contribution < -0.4 is 9.47 Å². The first-order valence-electron chi connectivity index (χ1n) is 5.68. The van der Waals surface area contributed by atoms with Crippen LogP contribution in [0.3, 0.4) is 0 Å². The average Bonchev–Trinajstić information content (AvgIpc) is 2.86. The molecule has 0 aromatic heterocycles. The van der Waals surface area contributed by atoms with Crippen molar-refractivity contribution in [3.8, 4) is 11.5 Å². The lowest BCUT2D eigenvalue weighted by Gasteiger charge is -2.12. The number of ether oxygens (including phenoxy) is 3. The lowest BCUT2D eigenvalue weighted by atomic mass is 9.96.